The Morgan fingerprint density at radius 1 is 1.12 bits per heavy atom. The van der Waals surface area contributed by atoms with Crippen molar-refractivity contribution < 1.29 is 5.11 Å². The fourth-order valence-electron chi connectivity index (χ4n) is 1.92. The predicted molar refractivity (Wildman–Crippen MR) is 68.5 cm³/mol. The summed E-state index contributed by atoms with van der Waals surface area (Å²) in [5.41, 5.74) is 2.61. The van der Waals surface area contributed by atoms with Crippen LogP contribution in [0, 0.1) is 0 Å². The first kappa shape index (κ1) is 13.2. The van der Waals surface area contributed by atoms with E-state index in [1.54, 1.807) is 0 Å². The summed E-state index contributed by atoms with van der Waals surface area (Å²) in [5.74, 6) is 0. The van der Waals surface area contributed by atoms with E-state index in [4.69, 9.17) is 0 Å². The van der Waals surface area contributed by atoms with E-state index < -0.39 is 0 Å². The molecule has 1 aromatic rings. The van der Waals surface area contributed by atoms with Gasteiger partial charge in [-0.25, -0.2) is 0 Å². The molecule has 2 nitrogen and oxygen atoms in total. The molecule has 2 heteroatoms. The third-order valence-electron chi connectivity index (χ3n) is 2.92. The van der Waals surface area contributed by atoms with Crippen molar-refractivity contribution >= 4 is 0 Å². The third-order valence-corrected chi connectivity index (χ3v) is 2.92. The lowest BCUT2D eigenvalue weighted by atomic mass is 10.0. The van der Waals surface area contributed by atoms with Crippen LogP contribution in [0.5, 0.6) is 0 Å². The Hall–Kier alpha value is -0.860. The summed E-state index contributed by atoms with van der Waals surface area (Å²) in [4.78, 5) is 2.39. The van der Waals surface area contributed by atoms with Gasteiger partial charge in [0.05, 0.1) is 6.10 Å². The quantitative estimate of drug-likeness (QED) is 0.797. The molecule has 1 atom stereocenters. The van der Waals surface area contributed by atoms with Crippen LogP contribution in [-0.4, -0.2) is 29.2 Å². The third kappa shape index (κ3) is 3.95. The Labute approximate surface area is 98.9 Å². The highest BCUT2D eigenvalue weighted by Crippen LogP contribution is 2.13. The van der Waals surface area contributed by atoms with E-state index in [0.717, 1.165) is 26.1 Å². The van der Waals surface area contributed by atoms with Gasteiger partial charge < -0.3 is 5.11 Å². The summed E-state index contributed by atoms with van der Waals surface area (Å²) in [6.45, 7) is 9.32. The van der Waals surface area contributed by atoms with E-state index in [-0.39, 0.29) is 6.10 Å². The van der Waals surface area contributed by atoms with Gasteiger partial charge in [0.1, 0.15) is 0 Å². The number of aliphatic hydroxyl groups excluding tert-OH is 1. The van der Waals surface area contributed by atoms with Crippen LogP contribution in [0.25, 0.3) is 0 Å². The number of hydrogen-bond acceptors (Lipinski definition) is 2. The van der Waals surface area contributed by atoms with Crippen LogP contribution >= 0.6 is 0 Å². The molecule has 0 amide bonds. The van der Waals surface area contributed by atoms with E-state index in [0.29, 0.717) is 0 Å². The van der Waals surface area contributed by atoms with E-state index in [9.17, 15) is 5.11 Å². The molecule has 0 fully saturated rings. The minimum Gasteiger partial charge on any atom is -0.393 e. The molecule has 0 radical (unpaired) electrons. The van der Waals surface area contributed by atoms with E-state index in [2.05, 4.69) is 36.9 Å². The number of rotatable bonds is 6. The van der Waals surface area contributed by atoms with Crippen LogP contribution in [0.15, 0.2) is 24.3 Å². The van der Waals surface area contributed by atoms with Gasteiger partial charge in [-0.2, -0.15) is 0 Å². The maximum Gasteiger partial charge on any atom is 0.0552 e. The standard InChI is InChI=1S/C14H23NO/c1-4-15(5-2)11-14-9-7-6-8-13(14)10-12(3)16/h6-9,12,16H,4-5,10-11H2,1-3H3. The molecule has 1 N–H and O–H groups in total. The first-order chi connectivity index (χ1) is 7.67. The Kier molecular flexibility index (Phi) is 5.50. The van der Waals surface area contributed by atoms with Gasteiger partial charge in [0, 0.05) is 6.54 Å². The maximum atomic E-state index is 9.47. The smallest absolute Gasteiger partial charge is 0.0552 e. The van der Waals surface area contributed by atoms with E-state index in [1.165, 1.54) is 11.1 Å². The molecular formula is C14H23NO. The molecule has 90 valence electrons. The second-order valence-electron chi connectivity index (χ2n) is 4.28. The molecule has 0 saturated heterocycles. The number of aliphatic hydroxyl groups is 1. The van der Waals surface area contributed by atoms with Crippen LogP contribution in [0.4, 0.5) is 0 Å². The zero-order chi connectivity index (χ0) is 12.0. The molecule has 1 aromatic carbocycles. The average molecular weight is 221 g/mol. The fourth-order valence-corrected chi connectivity index (χ4v) is 1.92. The summed E-state index contributed by atoms with van der Waals surface area (Å²) < 4.78 is 0. The van der Waals surface area contributed by atoms with Crippen LogP contribution < -0.4 is 0 Å². The largest absolute Gasteiger partial charge is 0.393 e. The van der Waals surface area contributed by atoms with Crippen molar-refractivity contribution in [2.75, 3.05) is 13.1 Å². The van der Waals surface area contributed by atoms with Crippen molar-refractivity contribution in [1.82, 2.24) is 4.90 Å². The molecule has 0 bridgehead atoms. The van der Waals surface area contributed by atoms with Gasteiger partial charge in [0.15, 0.2) is 0 Å². The first-order valence-corrected chi connectivity index (χ1v) is 6.14. The Morgan fingerprint density at radius 2 is 1.69 bits per heavy atom. The normalized spacial score (nSPS) is 13.1. The highest BCUT2D eigenvalue weighted by molar-refractivity contribution is 5.27. The van der Waals surface area contributed by atoms with Crippen molar-refractivity contribution in [2.45, 2.75) is 39.8 Å². The molecule has 16 heavy (non-hydrogen) atoms. The molecule has 1 rings (SSSR count). The summed E-state index contributed by atoms with van der Waals surface area (Å²) in [6, 6.07) is 8.40. The molecule has 1 unspecified atom stereocenters. The zero-order valence-corrected chi connectivity index (χ0v) is 10.6. The van der Waals surface area contributed by atoms with Crippen molar-refractivity contribution in [1.29, 1.82) is 0 Å². The molecule has 0 aromatic heterocycles. The second kappa shape index (κ2) is 6.66. The molecule has 0 aliphatic carbocycles. The SMILES string of the molecule is CCN(CC)Cc1ccccc1CC(C)O. The zero-order valence-electron chi connectivity index (χ0n) is 10.6. The van der Waals surface area contributed by atoms with Crippen LogP contribution in [0.1, 0.15) is 31.9 Å². The first-order valence-electron chi connectivity index (χ1n) is 6.14. The van der Waals surface area contributed by atoms with Gasteiger partial charge in [-0.05, 0) is 37.6 Å². The van der Waals surface area contributed by atoms with Crippen LogP contribution in [0.3, 0.4) is 0 Å². The van der Waals surface area contributed by atoms with Crippen molar-refractivity contribution in [2.24, 2.45) is 0 Å². The maximum absolute atomic E-state index is 9.47. The molecular weight excluding hydrogens is 198 g/mol. The summed E-state index contributed by atoms with van der Waals surface area (Å²) in [6.07, 6.45) is 0.482. The van der Waals surface area contributed by atoms with Gasteiger partial charge in [-0.1, -0.05) is 38.1 Å². The average Bonchev–Trinajstić information content (AvgIpc) is 2.27. The van der Waals surface area contributed by atoms with Gasteiger partial charge in [0.2, 0.25) is 0 Å². The lowest BCUT2D eigenvalue weighted by molar-refractivity contribution is 0.194. The van der Waals surface area contributed by atoms with Crippen LogP contribution in [-0.2, 0) is 13.0 Å². The molecule has 0 heterocycles. The van der Waals surface area contributed by atoms with Gasteiger partial charge in [-0.3, -0.25) is 4.90 Å². The predicted octanol–water partition coefficient (Wildman–Crippen LogP) is 2.45. The Morgan fingerprint density at radius 3 is 2.19 bits per heavy atom. The molecule has 0 saturated carbocycles. The Bertz CT molecular complexity index is 305. The van der Waals surface area contributed by atoms with E-state index >= 15 is 0 Å². The highest BCUT2D eigenvalue weighted by atomic mass is 16.3. The minimum atomic E-state index is -0.266. The Balaban J connectivity index is 2.77. The van der Waals surface area contributed by atoms with Crippen molar-refractivity contribution in [3.63, 3.8) is 0 Å². The highest BCUT2D eigenvalue weighted by Gasteiger charge is 2.07. The fraction of sp³-hybridized carbons (Fsp3) is 0.571. The summed E-state index contributed by atoms with van der Waals surface area (Å²) in [7, 11) is 0. The van der Waals surface area contributed by atoms with E-state index in [1.807, 2.05) is 13.0 Å². The molecule has 0 aliphatic heterocycles. The molecule has 0 spiro atoms. The second-order valence-corrected chi connectivity index (χ2v) is 4.28. The van der Waals surface area contributed by atoms with Gasteiger partial charge in [0.25, 0.3) is 0 Å². The van der Waals surface area contributed by atoms with Gasteiger partial charge in [-0.15, -0.1) is 0 Å². The summed E-state index contributed by atoms with van der Waals surface area (Å²) in [5, 5.41) is 9.47. The topological polar surface area (TPSA) is 23.5 Å². The van der Waals surface area contributed by atoms with Crippen molar-refractivity contribution in [3.8, 4) is 0 Å². The minimum absolute atomic E-state index is 0.266. The number of nitrogens with zero attached hydrogens (tertiary/aromatic N) is 1. The summed E-state index contributed by atoms with van der Waals surface area (Å²) >= 11 is 0. The van der Waals surface area contributed by atoms with Gasteiger partial charge >= 0.3 is 0 Å². The van der Waals surface area contributed by atoms with Crippen LogP contribution in [0.2, 0.25) is 0 Å². The monoisotopic (exact) mass is 221 g/mol. The van der Waals surface area contributed by atoms with Crippen molar-refractivity contribution in [3.05, 3.63) is 35.4 Å². The lowest BCUT2D eigenvalue weighted by Gasteiger charge is -2.20. The lowest BCUT2D eigenvalue weighted by Crippen LogP contribution is -2.23. The number of benzene rings is 1. The molecule has 0 aliphatic rings. The number of hydrogen-bond donors (Lipinski definition) is 1.